The van der Waals surface area contributed by atoms with E-state index in [1.807, 2.05) is 13.8 Å². The zero-order valence-electron chi connectivity index (χ0n) is 9.63. The van der Waals surface area contributed by atoms with Crippen molar-refractivity contribution in [1.29, 1.82) is 0 Å². The molecule has 0 bridgehead atoms. The number of halogens is 2. The third-order valence-electron chi connectivity index (χ3n) is 2.40. The lowest BCUT2D eigenvalue weighted by atomic mass is 9.55. The number of rotatable bonds is 4. The highest BCUT2D eigenvalue weighted by Crippen LogP contribution is 2.24. The molecule has 1 aromatic carbocycles. The molecule has 1 rings (SSSR count). The lowest BCUT2D eigenvalue weighted by Crippen LogP contribution is -2.21. The quantitative estimate of drug-likeness (QED) is 0.717. The average Bonchev–Trinajstić information content (AvgIpc) is 2.11. The van der Waals surface area contributed by atoms with Gasteiger partial charge in [0.05, 0.1) is 5.68 Å². The second-order valence-corrected chi connectivity index (χ2v) is 4.25. The minimum Gasteiger partial charge on any atom is -0.312 e. The van der Waals surface area contributed by atoms with Crippen molar-refractivity contribution in [2.45, 2.75) is 26.6 Å². The van der Waals surface area contributed by atoms with E-state index in [4.69, 9.17) is 0 Å². The molecule has 0 fully saturated rings. The highest BCUT2D eigenvalue weighted by molar-refractivity contribution is 6.74. The van der Waals surface area contributed by atoms with Crippen molar-refractivity contribution in [2.24, 2.45) is 5.92 Å². The monoisotopic (exact) mass is 223 g/mol. The van der Waals surface area contributed by atoms with Gasteiger partial charge in [0.2, 0.25) is 7.28 Å². The van der Waals surface area contributed by atoms with E-state index in [9.17, 15) is 13.6 Å². The van der Waals surface area contributed by atoms with Crippen molar-refractivity contribution in [1.82, 2.24) is 0 Å². The van der Waals surface area contributed by atoms with Crippen LogP contribution in [0, 0.1) is 17.6 Å². The minimum absolute atomic E-state index is 0.0941. The minimum atomic E-state index is -0.613. The van der Waals surface area contributed by atoms with Gasteiger partial charge in [-0.05, 0) is 36.4 Å². The van der Waals surface area contributed by atoms with Gasteiger partial charge in [0.25, 0.3) is 0 Å². The molecule has 0 aliphatic carbocycles. The molecule has 0 spiro atoms. The Labute approximate surface area is 95.1 Å². The summed E-state index contributed by atoms with van der Waals surface area (Å²) in [5, 5.41) is 0. The summed E-state index contributed by atoms with van der Waals surface area (Å²) in [5.41, 5.74) is 0.408. The van der Waals surface area contributed by atoms with E-state index in [1.165, 1.54) is 26.3 Å². The first kappa shape index (κ1) is 12.9. The zero-order valence-corrected chi connectivity index (χ0v) is 9.63. The van der Waals surface area contributed by atoms with E-state index in [0.29, 0.717) is 5.56 Å². The molecular weight excluding hydrogens is 209 g/mol. The van der Waals surface area contributed by atoms with Gasteiger partial charge in [-0.2, -0.15) is 0 Å². The fourth-order valence-electron chi connectivity index (χ4n) is 1.69. The van der Waals surface area contributed by atoms with Crippen LogP contribution in [0.4, 0.5) is 8.78 Å². The molecule has 1 aromatic rings. The molecule has 1 radical (unpaired) electrons. The van der Waals surface area contributed by atoms with Crippen molar-refractivity contribution >= 4 is 13.0 Å². The Morgan fingerprint density at radius 2 is 1.69 bits per heavy atom. The van der Waals surface area contributed by atoms with Crippen molar-refractivity contribution < 1.29 is 13.6 Å². The van der Waals surface area contributed by atoms with E-state index in [0.717, 1.165) is 6.07 Å². The van der Waals surface area contributed by atoms with Gasteiger partial charge in [-0.3, -0.25) is 0 Å². The molecule has 0 N–H and O–H groups in total. The molecule has 1 nitrogen and oxygen atoms in total. The molecule has 0 aliphatic rings. The Hall–Kier alpha value is -1.19. The summed E-state index contributed by atoms with van der Waals surface area (Å²) >= 11 is 0. The van der Waals surface area contributed by atoms with Crippen molar-refractivity contribution in [3.8, 4) is 0 Å². The molecule has 0 saturated heterocycles. The fraction of sp³-hybridized carbons (Fsp3) is 0.417. The zero-order chi connectivity index (χ0) is 12.3. The van der Waals surface area contributed by atoms with Crippen molar-refractivity contribution in [2.75, 3.05) is 0 Å². The Bertz CT molecular complexity index is 370. The van der Waals surface area contributed by atoms with Crippen LogP contribution >= 0.6 is 0 Å². The Morgan fingerprint density at radius 3 is 2.06 bits per heavy atom. The summed E-state index contributed by atoms with van der Waals surface area (Å²) in [7, 11) is 1.50. The molecule has 4 heteroatoms. The Kier molecular flexibility index (Phi) is 4.22. The van der Waals surface area contributed by atoms with Crippen LogP contribution in [-0.4, -0.2) is 13.0 Å². The lowest BCUT2D eigenvalue weighted by molar-refractivity contribution is -0.110. The molecule has 1 atom stereocenters. The molecule has 0 amide bonds. The summed E-state index contributed by atoms with van der Waals surface area (Å²) in [6, 6.07) is 3.37. The van der Waals surface area contributed by atoms with E-state index in [2.05, 4.69) is 0 Å². The highest BCUT2D eigenvalue weighted by atomic mass is 19.1. The van der Waals surface area contributed by atoms with E-state index >= 15 is 0 Å². The number of carbonyl (C=O) groups is 1. The lowest BCUT2D eigenvalue weighted by Gasteiger charge is -2.19. The van der Waals surface area contributed by atoms with Crippen molar-refractivity contribution in [3.63, 3.8) is 0 Å². The normalized spacial score (nSPS) is 12.6. The van der Waals surface area contributed by atoms with E-state index in [-0.39, 0.29) is 17.4 Å². The smallest absolute Gasteiger partial charge is 0.210 e. The maximum Gasteiger partial charge on any atom is 0.210 e. The number of hydrogen-bond acceptors (Lipinski definition) is 1. The maximum atomic E-state index is 13.1. The van der Waals surface area contributed by atoms with Crippen LogP contribution in [0.3, 0.4) is 0 Å². The maximum absolute atomic E-state index is 13.1. The largest absolute Gasteiger partial charge is 0.312 e. The standard InChI is InChI=1S/C12H14BF2O/c1-7(2)12(13-8(3)16)9-4-10(14)6-11(15)5-9/h4-7,12H,1-3H3. The van der Waals surface area contributed by atoms with Crippen LogP contribution in [-0.2, 0) is 4.79 Å². The molecule has 1 unspecified atom stereocenters. The van der Waals surface area contributed by atoms with Gasteiger partial charge >= 0.3 is 0 Å². The first-order valence-corrected chi connectivity index (χ1v) is 5.21. The van der Waals surface area contributed by atoms with Gasteiger partial charge in [0.15, 0.2) is 0 Å². The Morgan fingerprint density at radius 1 is 1.19 bits per heavy atom. The molecular formula is C12H14BF2O. The summed E-state index contributed by atoms with van der Waals surface area (Å²) < 4.78 is 26.1. The van der Waals surface area contributed by atoms with Gasteiger partial charge in [0, 0.05) is 6.07 Å². The Balaban J connectivity index is 3.05. The van der Waals surface area contributed by atoms with Crippen LogP contribution in [0.5, 0.6) is 0 Å². The van der Waals surface area contributed by atoms with Crippen LogP contribution < -0.4 is 0 Å². The van der Waals surface area contributed by atoms with Gasteiger partial charge in [-0.1, -0.05) is 13.8 Å². The molecule has 0 heterocycles. The molecule has 0 saturated carbocycles. The SMILES string of the molecule is CC(=O)[B]C(c1cc(F)cc(F)c1)C(C)C. The third-order valence-corrected chi connectivity index (χ3v) is 2.40. The van der Waals surface area contributed by atoms with E-state index in [1.54, 1.807) is 0 Å². The van der Waals surface area contributed by atoms with Crippen LogP contribution in [0.2, 0.25) is 0 Å². The fourth-order valence-corrected chi connectivity index (χ4v) is 1.69. The molecule has 0 aliphatic heterocycles. The van der Waals surface area contributed by atoms with Crippen LogP contribution in [0.15, 0.2) is 18.2 Å². The number of benzene rings is 1. The predicted octanol–water partition coefficient (Wildman–Crippen LogP) is 2.91. The molecule has 0 aromatic heterocycles. The summed E-state index contributed by atoms with van der Waals surface area (Å²) in [6.07, 6.45) is 0. The summed E-state index contributed by atoms with van der Waals surface area (Å²) in [6.45, 7) is 5.25. The first-order valence-electron chi connectivity index (χ1n) is 5.21. The summed E-state index contributed by atoms with van der Waals surface area (Å²) in [5.74, 6) is -1.36. The second kappa shape index (κ2) is 5.24. The summed E-state index contributed by atoms with van der Waals surface area (Å²) in [4.78, 5) is 11.1. The van der Waals surface area contributed by atoms with Crippen molar-refractivity contribution in [3.05, 3.63) is 35.4 Å². The van der Waals surface area contributed by atoms with Gasteiger partial charge in [-0.25, -0.2) is 8.78 Å². The third kappa shape index (κ3) is 3.44. The molecule has 16 heavy (non-hydrogen) atoms. The predicted molar refractivity (Wildman–Crippen MR) is 60.4 cm³/mol. The van der Waals surface area contributed by atoms with E-state index < -0.39 is 11.6 Å². The van der Waals surface area contributed by atoms with Crippen LogP contribution in [0.1, 0.15) is 32.2 Å². The van der Waals surface area contributed by atoms with Crippen LogP contribution in [0.25, 0.3) is 0 Å². The number of carbonyl (C=O) groups excluding carboxylic acids is 1. The number of hydrogen-bond donors (Lipinski definition) is 0. The average molecular weight is 223 g/mol. The van der Waals surface area contributed by atoms with Gasteiger partial charge in [-0.15, -0.1) is 0 Å². The topological polar surface area (TPSA) is 17.1 Å². The highest BCUT2D eigenvalue weighted by Gasteiger charge is 2.20. The van der Waals surface area contributed by atoms with Gasteiger partial charge in [0.1, 0.15) is 11.6 Å². The van der Waals surface area contributed by atoms with Gasteiger partial charge < -0.3 is 4.79 Å². The molecule has 85 valence electrons. The second-order valence-electron chi connectivity index (χ2n) is 4.25. The first-order chi connectivity index (χ1) is 7.40.